The molecule has 0 spiro atoms. The fourth-order valence-electron chi connectivity index (χ4n) is 2.26. The summed E-state index contributed by atoms with van der Waals surface area (Å²) in [5, 5.41) is 23.6. The Labute approximate surface area is 166 Å². The predicted octanol–water partition coefficient (Wildman–Crippen LogP) is 0.691. The number of nitrogens with one attached hydrogen (secondary N) is 2. The zero-order valence-electron chi connectivity index (χ0n) is 17.7. The normalized spacial score (nSPS) is 15.7. The van der Waals surface area contributed by atoms with Gasteiger partial charge in [0.05, 0.1) is 0 Å². The van der Waals surface area contributed by atoms with Crippen molar-refractivity contribution in [3.8, 4) is 0 Å². The molecule has 4 N–H and O–H groups in total. The number of aliphatic hydroxyl groups excluding tert-OH is 1. The number of carbonyl (C=O) groups is 4. The number of carboxylic acid groups (broad SMARTS) is 1. The molecule has 0 rings (SSSR count). The molecular weight excluding hydrogens is 368 g/mol. The van der Waals surface area contributed by atoms with Crippen molar-refractivity contribution >= 4 is 23.8 Å². The van der Waals surface area contributed by atoms with Crippen molar-refractivity contribution < 1.29 is 34.1 Å². The predicted molar refractivity (Wildman–Crippen MR) is 102 cm³/mol. The van der Waals surface area contributed by atoms with E-state index < -0.39 is 48.0 Å². The molecule has 28 heavy (non-hydrogen) atoms. The Morgan fingerprint density at radius 3 is 1.79 bits per heavy atom. The van der Waals surface area contributed by atoms with E-state index in [1.807, 2.05) is 13.8 Å². The second kappa shape index (κ2) is 11.6. The molecule has 0 fully saturated rings. The van der Waals surface area contributed by atoms with Crippen LogP contribution in [0.15, 0.2) is 0 Å². The fraction of sp³-hybridized carbons (Fsp3) is 0.789. The first kappa shape index (κ1) is 25.8. The van der Waals surface area contributed by atoms with E-state index in [4.69, 9.17) is 9.84 Å². The molecule has 0 aliphatic carbocycles. The highest BCUT2D eigenvalue weighted by Gasteiger charge is 2.33. The maximum atomic E-state index is 12.6. The number of amides is 2. The van der Waals surface area contributed by atoms with Gasteiger partial charge in [-0.1, -0.05) is 41.5 Å². The minimum absolute atomic E-state index is 0.00135. The van der Waals surface area contributed by atoms with Crippen molar-refractivity contribution in [2.24, 2.45) is 17.8 Å². The molecule has 162 valence electrons. The van der Waals surface area contributed by atoms with Gasteiger partial charge in [0.1, 0.15) is 18.2 Å². The van der Waals surface area contributed by atoms with Crippen LogP contribution in [0, 0.1) is 17.8 Å². The summed E-state index contributed by atoms with van der Waals surface area (Å²) < 4.78 is 5.33. The smallest absolute Gasteiger partial charge is 0.329 e. The molecule has 0 heterocycles. The van der Waals surface area contributed by atoms with E-state index in [1.165, 1.54) is 6.92 Å². The van der Waals surface area contributed by atoms with Gasteiger partial charge in [0.15, 0.2) is 6.10 Å². The van der Waals surface area contributed by atoms with Crippen LogP contribution in [0.1, 0.15) is 54.9 Å². The molecule has 9 heteroatoms. The zero-order valence-corrected chi connectivity index (χ0v) is 17.7. The standard InChI is InChI=1S/C19H34N2O7/c1-9(2)8-13(16(23)20-12(7)18(25)26)28-19(27)14(10(3)4)21-17(24)15(22)11(5)6/h9-15,22H,8H2,1-7H3,(H,20,23)(H,21,24)(H,25,26)/t12-,13-,14+,15+/m1/s1. The molecule has 0 aliphatic heterocycles. The second-order valence-electron chi connectivity index (χ2n) is 8.04. The lowest BCUT2D eigenvalue weighted by atomic mass is 10.0. The Morgan fingerprint density at radius 1 is 0.857 bits per heavy atom. The SMILES string of the molecule is CC(C)C[C@@H](OC(=O)[C@@H](NC(=O)[C@@H](O)C(C)C)C(C)C)C(=O)N[C@H](C)C(=O)O. The number of hydrogen-bond acceptors (Lipinski definition) is 6. The summed E-state index contributed by atoms with van der Waals surface area (Å²) in [7, 11) is 0. The van der Waals surface area contributed by atoms with Crippen molar-refractivity contribution in [2.45, 2.75) is 79.2 Å². The molecule has 0 radical (unpaired) electrons. The fourth-order valence-corrected chi connectivity index (χ4v) is 2.26. The van der Waals surface area contributed by atoms with Gasteiger partial charge in [-0.2, -0.15) is 0 Å². The second-order valence-corrected chi connectivity index (χ2v) is 8.04. The van der Waals surface area contributed by atoms with Gasteiger partial charge in [0.25, 0.3) is 5.91 Å². The van der Waals surface area contributed by atoms with Crippen LogP contribution in [0.25, 0.3) is 0 Å². The molecule has 0 aromatic rings. The molecular formula is C19H34N2O7. The minimum Gasteiger partial charge on any atom is -0.480 e. The molecule has 0 bridgehead atoms. The highest BCUT2D eigenvalue weighted by atomic mass is 16.5. The van der Waals surface area contributed by atoms with Gasteiger partial charge >= 0.3 is 11.9 Å². The first-order valence-electron chi connectivity index (χ1n) is 9.49. The Morgan fingerprint density at radius 2 is 1.39 bits per heavy atom. The van der Waals surface area contributed by atoms with Crippen molar-refractivity contribution in [3.63, 3.8) is 0 Å². The lowest BCUT2D eigenvalue weighted by molar-refractivity contribution is -0.161. The molecule has 0 saturated carbocycles. The van der Waals surface area contributed by atoms with Gasteiger partial charge in [-0.3, -0.25) is 14.4 Å². The summed E-state index contributed by atoms with van der Waals surface area (Å²) in [6.07, 6.45) is -2.28. The van der Waals surface area contributed by atoms with E-state index in [-0.39, 0.29) is 24.2 Å². The summed E-state index contributed by atoms with van der Waals surface area (Å²) in [6, 6.07) is -2.19. The van der Waals surface area contributed by atoms with Crippen LogP contribution in [0.3, 0.4) is 0 Å². The molecule has 4 atom stereocenters. The Bertz CT molecular complexity index is 560. The Hall–Kier alpha value is -2.16. The minimum atomic E-state index is -1.28. The number of aliphatic carboxylic acids is 1. The topological polar surface area (TPSA) is 142 Å². The van der Waals surface area contributed by atoms with Crippen LogP contribution in [0.2, 0.25) is 0 Å². The number of hydrogen-bond donors (Lipinski definition) is 4. The van der Waals surface area contributed by atoms with Gasteiger partial charge in [0, 0.05) is 0 Å². The zero-order chi connectivity index (χ0) is 22.2. The van der Waals surface area contributed by atoms with E-state index in [9.17, 15) is 24.3 Å². The highest BCUT2D eigenvalue weighted by molar-refractivity contribution is 5.90. The largest absolute Gasteiger partial charge is 0.480 e. The maximum absolute atomic E-state index is 12.6. The van der Waals surface area contributed by atoms with Crippen LogP contribution in [-0.2, 0) is 23.9 Å². The third kappa shape index (κ3) is 8.69. The van der Waals surface area contributed by atoms with E-state index in [1.54, 1.807) is 27.7 Å². The van der Waals surface area contributed by atoms with E-state index in [2.05, 4.69) is 10.6 Å². The number of ether oxygens (including phenoxy) is 1. The summed E-state index contributed by atoms with van der Waals surface area (Å²) in [5.41, 5.74) is 0. The van der Waals surface area contributed by atoms with Gasteiger partial charge in [-0.15, -0.1) is 0 Å². The maximum Gasteiger partial charge on any atom is 0.329 e. The molecule has 0 unspecified atom stereocenters. The van der Waals surface area contributed by atoms with E-state index >= 15 is 0 Å². The van der Waals surface area contributed by atoms with Gasteiger partial charge < -0.3 is 25.6 Å². The Kier molecular flexibility index (Phi) is 10.7. The average Bonchev–Trinajstić information content (AvgIpc) is 2.56. The third-order valence-electron chi connectivity index (χ3n) is 4.08. The number of carbonyl (C=O) groups excluding carboxylic acids is 3. The van der Waals surface area contributed by atoms with Crippen molar-refractivity contribution in [1.82, 2.24) is 10.6 Å². The molecule has 0 saturated heterocycles. The van der Waals surface area contributed by atoms with Crippen LogP contribution in [-0.4, -0.2) is 58.3 Å². The number of esters is 1. The summed E-state index contributed by atoms with van der Waals surface area (Å²) in [6.45, 7) is 11.7. The highest BCUT2D eigenvalue weighted by Crippen LogP contribution is 2.13. The third-order valence-corrected chi connectivity index (χ3v) is 4.08. The number of rotatable bonds is 11. The molecule has 0 aromatic heterocycles. The quantitative estimate of drug-likeness (QED) is 0.372. The van der Waals surface area contributed by atoms with Gasteiger partial charge in [-0.05, 0) is 31.1 Å². The van der Waals surface area contributed by atoms with Gasteiger partial charge in [0.2, 0.25) is 5.91 Å². The van der Waals surface area contributed by atoms with E-state index in [0.717, 1.165) is 0 Å². The Balaban J connectivity index is 5.29. The lowest BCUT2D eigenvalue weighted by Crippen LogP contribution is -2.52. The van der Waals surface area contributed by atoms with Crippen LogP contribution < -0.4 is 10.6 Å². The van der Waals surface area contributed by atoms with Crippen molar-refractivity contribution in [3.05, 3.63) is 0 Å². The molecule has 9 nitrogen and oxygen atoms in total. The van der Waals surface area contributed by atoms with E-state index in [0.29, 0.717) is 0 Å². The number of aliphatic hydroxyl groups is 1. The molecule has 0 aliphatic rings. The van der Waals surface area contributed by atoms with Crippen LogP contribution in [0.5, 0.6) is 0 Å². The monoisotopic (exact) mass is 402 g/mol. The van der Waals surface area contributed by atoms with Crippen LogP contribution in [0.4, 0.5) is 0 Å². The molecule has 0 aromatic carbocycles. The lowest BCUT2D eigenvalue weighted by Gasteiger charge is -2.26. The first-order valence-corrected chi connectivity index (χ1v) is 9.49. The summed E-state index contributed by atoms with van der Waals surface area (Å²) in [4.78, 5) is 48.0. The first-order chi connectivity index (χ1) is 12.8. The van der Waals surface area contributed by atoms with Crippen molar-refractivity contribution in [2.75, 3.05) is 0 Å². The average molecular weight is 402 g/mol. The van der Waals surface area contributed by atoms with Gasteiger partial charge in [-0.25, -0.2) is 4.79 Å². The van der Waals surface area contributed by atoms with Crippen LogP contribution >= 0.6 is 0 Å². The summed E-state index contributed by atoms with van der Waals surface area (Å²) in [5.74, 6) is -4.13. The molecule has 2 amide bonds. The number of carboxylic acids is 1. The van der Waals surface area contributed by atoms with Crippen molar-refractivity contribution in [1.29, 1.82) is 0 Å². The summed E-state index contributed by atoms with van der Waals surface area (Å²) >= 11 is 0.